The highest BCUT2D eigenvalue weighted by Gasteiger charge is 2.46. The summed E-state index contributed by atoms with van der Waals surface area (Å²) in [6.45, 7) is 7.15. The van der Waals surface area contributed by atoms with E-state index < -0.39 is 11.4 Å². The van der Waals surface area contributed by atoms with Crippen LogP contribution in [0.3, 0.4) is 0 Å². The van der Waals surface area contributed by atoms with E-state index >= 15 is 0 Å². The summed E-state index contributed by atoms with van der Waals surface area (Å²) >= 11 is 0. The third-order valence-corrected chi connectivity index (χ3v) is 5.41. The summed E-state index contributed by atoms with van der Waals surface area (Å²) in [6.07, 6.45) is 14.4. The molecule has 0 radical (unpaired) electrons. The molecule has 1 aliphatic carbocycles. The molecule has 0 saturated carbocycles. The number of carboxylic acids is 1. The fraction of sp³-hybridized carbons (Fsp3) is 0.773. The number of hydrogen-bond donors (Lipinski definition) is 1. The van der Waals surface area contributed by atoms with Crippen LogP contribution in [0.1, 0.15) is 85.0 Å². The van der Waals surface area contributed by atoms with Crippen LogP contribution in [-0.4, -0.2) is 24.8 Å². The van der Waals surface area contributed by atoms with E-state index in [-0.39, 0.29) is 5.92 Å². The largest absolute Gasteiger partial charge is 0.481 e. The SMILES string of the molecule is CCCCCCC1(C(=O)O)C=C(CCC)C=C(CCC)C1CCOC. The monoisotopic (exact) mass is 350 g/mol. The topological polar surface area (TPSA) is 46.5 Å². The van der Waals surface area contributed by atoms with E-state index in [1.807, 2.05) is 0 Å². The standard InChI is InChI=1S/C22H38O3/c1-5-8-9-10-14-22(21(23)24)17-18(11-6-2)16-19(12-7-3)20(22)13-15-25-4/h16-17,20H,5-15H2,1-4H3,(H,23,24). The highest BCUT2D eigenvalue weighted by atomic mass is 16.5. The van der Waals surface area contributed by atoms with Crippen molar-refractivity contribution in [3.05, 3.63) is 23.3 Å². The van der Waals surface area contributed by atoms with Crippen LogP contribution in [0, 0.1) is 11.3 Å². The normalized spacial score (nSPS) is 23.3. The van der Waals surface area contributed by atoms with Crippen molar-refractivity contribution >= 4 is 5.97 Å². The average molecular weight is 351 g/mol. The first-order chi connectivity index (χ1) is 12.1. The Hall–Kier alpha value is -1.09. The number of hydrogen-bond acceptors (Lipinski definition) is 2. The Morgan fingerprint density at radius 3 is 2.40 bits per heavy atom. The quantitative estimate of drug-likeness (QED) is 0.405. The van der Waals surface area contributed by atoms with Crippen molar-refractivity contribution in [3.63, 3.8) is 0 Å². The fourth-order valence-electron chi connectivity index (χ4n) is 4.20. The number of carbonyl (C=O) groups is 1. The first kappa shape index (κ1) is 22.0. The van der Waals surface area contributed by atoms with E-state index in [4.69, 9.17) is 4.74 Å². The van der Waals surface area contributed by atoms with Gasteiger partial charge < -0.3 is 9.84 Å². The van der Waals surface area contributed by atoms with E-state index in [9.17, 15) is 9.90 Å². The lowest BCUT2D eigenvalue weighted by molar-refractivity contribution is -0.149. The molecule has 0 amide bonds. The summed E-state index contributed by atoms with van der Waals surface area (Å²) in [5.74, 6) is -0.590. The van der Waals surface area contributed by atoms with E-state index in [1.165, 1.54) is 24.0 Å². The summed E-state index contributed by atoms with van der Waals surface area (Å²) < 4.78 is 5.32. The highest BCUT2D eigenvalue weighted by molar-refractivity contribution is 5.79. The molecule has 0 aromatic rings. The van der Waals surface area contributed by atoms with Crippen LogP contribution in [0.15, 0.2) is 23.3 Å². The van der Waals surface area contributed by atoms with E-state index in [0.717, 1.165) is 51.4 Å². The molecule has 2 atom stereocenters. The van der Waals surface area contributed by atoms with Crippen molar-refractivity contribution in [2.45, 2.75) is 85.0 Å². The molecule has 0 spiro atoms. The molecule has 1 rings (SSSR count). The van der Waals surface area contributed by atoms with Crippen molar-refractivity contribution in [2.24, 2.45) is 11.3 Å². The Kier molecular flexibility index (Phi) is 10.1. The maximum atomic E-state index is 12.5. The molecule has 0 fully saturated rings. The van der Waals surface area contributed by atoms with Gasteiger partial charge in [0.25, 0.3) is 0 Å². The van der Waals surface area contributed by atoms with Gasteiger partial charge >= 0.3 is 5.97 Å². The van der Waals surface area contributed by atoms with Crippen molar-refractivity contribution < 1.29 is 14.6 Å². The predicted molar refractivity (Wildman–Crippen MR) is 105 cm³/mol. The number of allylic oxidation sites excluding steroid dienone is 3. The van der Waals surface area contributed by atoms with E-state index in [0.29, 0.717) is 6.61 Å². The molecule has 2 unspecified atom stereocenters. The molecule has 0 saturated heterocycles. The molecular formula is C22H38O3. The minimum Gasteiger partial charge on any atom is -0.481 e. The molecule has 0 heterocycles. The zero-order valence-electron chi connectivity index (χ0n) is 16.8. The van der Waals surface area contributed by atoms with Crippen molar-refractivity contribution in [2.75, 3.05) is 13.7 Å². The number of carboxylic acid groups (broad SMARTS) is 1. The summed E-state index contributed by atoms with van der Waals surface area (Å²) in [5, 5.41) is 10.3. The zero-order chi connectivity index (χ0) is 18.7. The summed E-state index contributed by atoms with van der Waals surface area (Å²) in [4.78, 5) is 12.5. The average Bonchev–Trinajstić information content (AvgIpc) is 2.58. The van der Waals surface area contributed by atoms with Crippen LogP contribution in [0.25, 0.3) is 0 Å². The van der Waals surface area contributed by atoms with Crippen LogP contribution >= 0.6 is 0 Å². The lowest BCUT2D eigenvalue weighted by atomic mass is 9.63. The number of unbranched alkanes of at least 4 members (excludes halogenated alkanes) is 3. The van der Waals surface area contributed by atoms with Crippen LogP contribution in [0.4, 0.5) is 0 Å². The Balaban J connectivity index is 3.20. The number of methoxy groups -OCH3 is 1. The first-order valence-electron chi connectivity index (χ1n) is 10.2. The molecular weight excluding hydrogens is 312 g/mol. The molecule has 25 heavy (non-hydrogen) atoms. The van der Waals surface area contributed by atoms with E-state index in [1.54, 1.807) is 7.11 Å². The summed E-state index contributed by atoms with van der Waals surface area (Å²) in [5.41, 5.74) is 1.79. The van der Waals surface area contributed by atoms with Gasteiger partial charge in [-0.3, -0.25) is 4.79 Å². The Morgan fingerprint density at radius 1 is 1.12 bits per heavy atom. The Bertz CT molecular complexity index is 464. The van der Waals surface area contributed by atoms with Crippen LogP contribution in [0.5, 0.6) is 0 Å². The van der Waals surface area contributed by atoms with Gasteiger partial charge in [-0.15, -0.1) is 0 Å². The van der Waals surface area contributed by atoms with Gasteiger partial charge in [0, 0.05) is 19.6 Å². The van der Waals surface area contributed by atoms with Crippen LogP contribution < -0.4 is 0 Å². The molecule has 0 aromatic heterocycles. The van der Waals surface area contributed by atoms with Gasteiger partial charge in [-0.25, -0.2) is 0 Å². The minimum absolute atomic E-state index is 0.0622. The lowest BCUT2D eigenvalue weighted by Gasteiger charge is -2.40. The molecule has 3 nitrogen and oxygen atoms in total. The third kappa shape index (κ3) is 5.99. The smallest absolute Gasteiger partial charge is 0.314 e. The van der Waals surface area contributed by atoms with Gasteiger partial charge in [0.15, 0.2) is 0 Å². The van der Waals surface area contributed by atoms with Crippen LogP contribution in [0.2, 0.25) is 0 Å². The molecule has 3 heteroatoms. The van der Waals surface area contributed by atoms with E-state index in [2.05, 4.69) is 32.9 Å². The summed E-state index contributed by atoms with van der Waals surface area (Å²) in [7, 11) is 1.70. The maximum absolute atomic E-state index is 12.5. The second-order valence-electron chi connectivity index (χ2n) is 7.43. The molecule has 1 aliphatic rings. The minimum atomic E-state index is -0.754. The molecule has 1 N–H and O–H groups in total. The number of rotatable bonds is 13. The number of ether oxygens (including phenoxy) is 1. The second kappa shape index (κ2) is 11.5. The first-order valence-corrected chi connectivity index (χ1v) is 10.2. The van der Waals surface area contributed by atoms with Gasteiger partial charge in [0.05, 0.1) is 5.41 Å². The molecule has 0 bridgehead atoms. The van der Waals surface area contributed by atoms with Crippen LogP contribution in [-0.2, 0) is 9.53 Å². The molecule has 0 aliphatic heterocycles. The zero-order valence-corrected chi connectivity index (χ0v) is 16.8. The van der Waals surface area contributed by atoms with Gasteiger partial charge in [0.2, 0.25) is 0 Å². The summed E-state index contributed by atoms with van der Waals surface area (Å²) in [6, 6.07) is 0. The van der Waals surface area contributed by atoms with Crippen molar-refractivity contribution in [1.82, 2.24) is 0 Å². The lowest BCUT2D eigenvalue weighted by Crippen LogP contribution is -2.40. The van der Waals surface area contributed by atoms with Crippen molar-refractivity contribution in [1.29, 1.82) is 0 Å². The second-order valence-corrected chi connectivity index (χ2v) is 7.43. The maximum Gasteiger partial charge on any atom is 0.314 e. The third-order valence-electron chi connectivity index (χ3n) is 5.41. The molecule has 144 valence electrons. The predicted octanol–water partition coefficient (Wildman–Crippen LogP) is 6.15. The van der Waals surface area contributed by atoms with Gasteiger partial charge in [-0.05, 0) is 25.7 Å². The Labute approximate surface area is 154 Å². The van der Waals surface area contributed by atoms with Gasteiger partial charge in [-0.2, -0.15) is 0 Å². The Morgan fingerprint density at radius 2 is 1.84 bits per heavy atom. The van der Waals surface area contributed by atoms with Crippen molar-refractivity contribution in [3.8, 4) is 0 Å². The number of aliphatic carboxylic acids is 1. The van der Waals surface area contributed by atoms with Gasteiger partial charge in [0.1, 0.15) is 0 Å². The highest BCUT2D eigenvalue weighted by Crippen LogP contribution is 2.47. The van der Waals surface area contributed by atoms with Gasteiger partial charge in [-0.1, -0.05) is 82.6 Å². The molecule has 0 aromatic carbocycles. The fourth-order valence-corrected chi connectivity index (χ4v) is 4.20.